The zero-order valence-corrected chi connectivity index (χ0v) is 18.7. The van der Waals surface area contributed by atoms with E-state index in [2.05, 4.69) is 21.2 Å². The predicted octanol–water partition coefficient (Wildman–Crippen LogP) is 5.00. The number of rotatable bonds is 8. The number of halogens is 1. The molecule has 1 atom stereocenters. The molecule has 0 aliphatic rings. The summed E-state index contributed by atoms with van der Waals surface area (Å²) in [6, 6.07) is 23.1. The Morgan fingerprint density at radius 2 is 1.68 bits per heavy atom. The number of hydrogen-bond donors (Lipinski definition) is 2. The standard InChI is InChI=1S/C24H24BrN3O3/c1-28(16-18-8-5-6-13-21(18)25)23(29)15-22(27-24(26)30)17-9-7-12-20(14-17)31-19-10-3-2-4-11-19/h2-14,22H,15-16H2,1H3,(H3,26,27,30)/t22-/m1/s1. The molecule has 0 aliphatic carbocycles. The number of hydrogen-bond acceptors (Lipinski definition) is 3. The molecule has 0 unspecified atom stereocenters. The molecule has 6 nitrogen and oxygen atoms in total. The molecule has 0 aliphatic heterocycles. The van der Waals surface area contributed by atoms with E-state index in [0.717, 1.165) is 15.6 Å². The second-order valence-electron chi connectivity index (χ2n) is 7.09. The van der Waals surface area contributed by atoms with Gasteiger partial charge in [0.1, 0.15) is 11.5 Å². The van der Waals surface area contributed by atoms with Crippen molar-refractivity contribution in [3.63, 3.8) is 0 Å². The minimum absolute atomic E-state index is 0.0681. The van der Waals surface area contributed by atoms with Gasteiger partial charge in [-0.05, 0) is 41.5 Å². The van der Waals surface area contributed by atoms with Crippen LogP contribution in [0.1, 0.15) is 23.6 Å². The molecule has 0 radical (unpaired) electrons. The van der Waals surface area contributed by atoms with Gasteiger partial charge in [-0.3, -0.25) is 4.79 Å². The predicted molar refractivity (Wildman–Crippen MR) is 124 cm³/mol. The first-order valence-electron chi connectivity index (χ1n) is 9.78. The fraction of sp³-hybridized carbons (Fsp3) is 0.167. The van der Waals surface area contributed by atoms with E-state index in [4.69, 9.17) is 10.5 Å². The minimum atomic E-state index is -0.694. The highest BCUT2D eigenvalue weighted by Crippen LogP contribution is 2.26. The maximum atomic E-state index is 12.9. The number of nitrogens with two attached hydrogens (primary N) is 1. The first-order chi connectivity index (χ1) is 14.9. The van der Waals surface area contributed by atoms with Gasteiger partial charge in [0.25, 0.3) is 0 Å². The highest BCUT2D eigenvalue weighted by molar-refractivity contribution is 9.10. The quantitative estimate of drug-likeness (QED) is 0.474. The number of benzene rings is 3. The van der Waals surface area contributed by atoms with Gasteiger partial charge in [-0.2, -0.15) is 0 Å². The molecule has 0 saturated carbocycles. The zero-order valence-electron chi connectivity index (χ0n) is 17.1. The topological polar surface area (TPSA) is 84.7 Å². The molecular formula is C24H24BrN3O3. The van der Waals surface area contributed by atoms with E-state index in [1.807, 2.05) is 72.8 Å². The highest BCUT2D eigenvalue weighted by Gasteiger charge is 2.21. The number of carbonyl (C=O) groups excluding carboxylic acids is 2. The molecule has 0 bridgehead atoms. The molecule has 160 valence electrons. The fourth-order valence-corrected chi connectivity index (χ4v) is 3.55. The Kier molecular flexibility index (Phi) is 7.67. The summed E-state index contributed by atoms with van der Waals surface area (Å²) in [6.45, 7) is 0.445. The van der Waals surface area contributed by atoms with Gasteiger partial charge in [0, 0.05) is 18.1 Å². The van der Waals surface area contributed by atoms with E-state index in [-0.39, 0.29) is 12.3 Å². The van der Waals surface area contributed by atoms with Crippen LogP contribution >= 0.6 is 15.9 Å². The summed E-state index contributed by atoms with van der Waals surface area (Å²) in [6.07, 6.45) is 0.0681. The Labute approximate surface area is 190 Å². The number of nitrogens with zero attached hydrogens (tertiary/aromatic N) is 1. The Morgan fingerprint density at radius 3 is 2.39 bits per heavy atom. The first-order valence-corrected chi connectivity index (χ1v) is 10.6. The third-order valence-electron chi connectivity index (χ3n) is 4.73. The number of urea groups is 1. The van der Waals surface area contributed by atoms with E-state index in [1.54, 1.807) is 18.0 Å². The van der Waals surface area contributed by atoms with Crippen LogP contribution in [0.4, 0.5) is 4.79 Å². The van der Waals surface area contributed by atoms with Crippen molar-refractivity contribution in [3.05, 3.63) is 94.5 Å². The van der Waals surface area contributed by atoms with Gasteiger partial charge in [0.15, 0.2) is 0 Å². The summed E-state index contributed by atoms with van der Waals surface area (Å²) in [5.74, 6) is 1.18. The smallest absolute Gasteiger partial charge is 0.312 e. The van der Waals surface area contributed by atoms with Crippen LogP contribution in [-0.4, -0.2) is 23.9 Å². The van der Waals surface area contributed by atoms with Crippen molar-refractivity contribution < 1.29 is 14.3 Å². The summed E-state index contributed by atoms with van der Waals surface area (Å²) in [5.41, 5.74) is 7.10. The van der Waals surface area contributed by atoms with Crippen LogP contribution in [0.25, 0.3) is 0 Å². The lowest BCUT2D eigenvalue weighted by Gasteiger charge is -2.23. The molecule has 3 aromatic rings. The third kappa shape index (κ3) is 6.58. The number of primary amides is 1. The molecule has 31 heavy (non-hydrogen) atoms. The molecule has 0 spiro atoms. The van der Waals surface area contributed by atoms with E-state index in [1.165, 1.54) is 0 Å². The average Bonchev–Trinajstić information content (AvgIpc) is 2.75. The second-order valence-corrected chi connectivity index (χ2v) is 7.95. The van der Waals surface area contributed by atoms with E-state index in [9.17, 15) is 9.59 Å². The van der Waals surface area contributed by atoms with Crippen molar-refractivity contribution in [1.29, 1.82) is 0 Å². The molecule has 0 aromatic heterocycles. The van der Waals surface area contributed by atoms with Crippen LogP contribution in [0.2, 0.25) is 0 Å². The number of carbonyl (C=O) groups is 2. The summed E-state index contributed by atoms with van der Waals surface area (Å²) < 4.78 is 6.81. The Balaban J connectivity index is 1.74. The summed E-state index contributed by atoms with van der Waals surface area (Å²) in [7, 11) is 1.73. The highest BCUT2D eigenvalue weighted by atomic mass is 79.9. The van der Waals surface area contributed by atoms with E-state index >= 15 is 0 Å². The molecule has 3 rings (SSSR count). The van der Waals surface area contributed by atoms with Crippen molar-refractivity contribution >= 4 is 27.9 Å². The van der Waals surface area contributed by atoms with Crippen molar-refractivity contribution in [2.75, 3.05) is 7.05 Å². The number of amides is 3. The Hall–Kier alpha value is -3.32. The molecule has 3 N–H and O–H groups in total. The third-order valence-corrected chi connectivity index (χ3v) is 5.50. The summed E-state index contributed by atoms with van der Waals surface area (Å²) in [4.78, 5) is 26.1. The summed E-state index contributed by atoms with van der Waals surface area (Å²) >= 11 is 3.50. The average molecular weight is 482 g/mol. The molecule has 0 heterocycles. The molecule has 7 heteroatoms. The molecule has 3 amide bonds. The van der Waals surface area contributed by atoms with Gasteiger partial charge in [0.05, 0.1) is 12.5 Å². The van der Waals surface area contributed by atoms with Crippen LogP contribution in [0.3, 0.4) is 0 Å². The normalized spacial score (nSPS) is 11.4. The fourth-order valence-electron chi connectivity index (χ4n) is 3.14. The van der Waals surface area contributed by atoms with Gasteiger partial charge < -0.3 is 20.7 Å². The number of nitrogens with one attached hydrogen (secondary N) is 1. The molecule has 0 fully saturated rings. The minimum Gasteiger partial charge on any atom is -0.457 e. The largest absolute Gasteiger partial charge is 0.457 e. The van der Waals surface area contributed by atoms with Crippen molar-refractivity contribution in [3.8, 4) is 11.5 Å². The van der Waals surface area contributed by atoms with Gasteiger partial charge >= 0.3 is 6.03 Å². The number of para-hydroxylation sites is 1. The van der Waals surface area contributed by atoms with Crippen molar-refractivity contribution in [2.24, 2.45) is 5.73 Å². The lowest BCUT2D eigenvalue weighted by Crippen LogP contribution is -2.37. The second kappa shape index (κ2) is 10.6. The van der Waals surface area contributed by atoms with Gasteiger partial charge in [-0.25, -0.2) is 4.79 Å². The van der Waals surface area contributed by atoms with Gasteiger partial charge in [-0.1, -0.05) is 64.5 Å². The summed E-state index contributed by atoms with van der Waals surface area (Å²) in [5, 5.41) is 2.67. The van der Waals surface area contributed by atoms with Crippen LogP contribution in [-0.2, 0) is 11.3 Å². The Bertz CT molecular complexity index is 1040. The number of ether oxygens (including phenoxy) is 1. The van der Waals surface area contributed by atoms with Crippen LogP contribution < -0.4 is 15.8 Å². The van der Waals surface area contributed by atoms with Crippen molar-refractivity contribution in [2.45, 2.75) is 19.0 Å². The van der Waals surface area contributed by atoms with Crippen LogP contribution in [0.15, 0.2) is 83.3 Å². The van der Waals surface area contributed by atoms with Gasteiger partial charge in [-0.15, -0.1) is 0 Å². The Morgan fingerprint density at radius 1 is 1.00 bits per heavy atom. The van der Waals surface area contributed by atoms with Crippen LogP contribution in [0.5, 0.6) is 11.5 Å². The molecule has 0 saturated heterocycles. The van der Waals surface area contributed by atoms with Crippen molar-refractivity contribution in [1.82, 2.24) is 10.2 Å². The molecule has 3 aromatic carbocycles. The van der Waals surface area contributed by atoms with E-state index in [0.29, 0.717) is 18.0 Å². The first kappa shape index (κ1) is 22.4. The maximum absolute atomic E-state index is 12.9. The van der Waals surface area contributed by atoms with Crippen LogP contribution in [0, 0.1) is 0 Å². The van der Waals surface area contributed by atoms with Gasteiger partial charge in [0.2, 0.25) is 5.91 Å². The maximum Gasteiger partial charge on any atom is 0.312 e. The monoisotopic (exact) mass is 481 g/mol. The zero-order chi connectivity index (χ0) is 22.2. The SMILES string of the molecule is CN(Cc1ccccc1Br)C(=O)C[C@@H](NC(N)=O)c1cccc(Oc2ccccc2)c1. The van der Waals surface area contributed by atoms with E-state index < -0.39 is 12.1 Å². The lowest BCUT2D eigenvalue weighted by molar-refractivity contribution is -0.130. The lowest BCUT2D eigenvalue weighted by atomic mass is 10.0. The molecular weight excluding hydrogens is 458 g/mol.